The van der Waals surface area contributed by atoms with Gasteiger partial charge in [0.25, 0.3) is 0 Å². The second-order valence-electron chi connectivity index (χ2n) is 5.15. The number of hydrogen-bond donors (Lipinski definition) is 0. The molecule has 0 atom stereocenters. The average molecular weight is 310 g/mol. The summed E-state index contributed by atoms with van der Waals surface area (Å²) in [5, 5.41) is 0. The monoisotopic (exact) mass is 310 g/mol. The molecule has 0 N–H and O–H groups in total. The topological polar surface area (TPSA) is 52.8 Å². The summed E-state index contributed by atoms with van der Waals surface area (Å²) >= 11 is 0. The molecule has 5 heteroatoms. The first-order chi connectivity index (χ1) is 11.2. The first-order valence-electron chi connectivity index (χ1n) is 7.40. The number of carbonyl (C=O) groups excluding carboxylic acids is 1. The molecule has 0 saturated heterocycles. The number of ether oxygens (including phenoxy) is 2. The maximum absolute atomic E-state index is 11.5. The van der Waals surface area contributed by atoms with Crippen LogP contribution in [0, 0.1) is 0 Å². The van der Waals surface area contributed by atoms with Crippen LogP contribution in [0.5, 0.6) is 5.75 Å². The zero-order valence-electron chi connectivity index (χ0n) is 13.2. The number of rotatable bonds is 5. The largest absolute Gasteiger partial charge is 0.495 e. The van der Waals surface area contributed by atoms with Gasteiger partial charge in [-0.25, -0.2) is 4.98 Å². The molecule has 0 amide bonds. The number of esters is 1. The molecular weight excluding hydrogens is 292 g/mol. The van der Waals surface area contributed by atoms with E-state index in [0.29, 0.717) is 12.8 Å². The zero-order valence-corrected chi connectivity index (χ0v) is 13.2. The van der Waals surface area contributed by atoms with E-state index in [1.54, 1.807) is 7.11 Å². The molecule has 1 aromatic carbocycles. The molecule has 3 aromatic rings. The van der Waals surface area contributed by atoms with E-state index in [0.717, 1.165) is 28.3 Å². The van der Waals surface area contributed by atoms with Crippen molar-refractivity contribution in [2.24, 2.45) is 0 Å². The van der Waals surface area contributed by atoms with Crippen molar-refractivity contribution in [3.05, 3.63) is 54.4 Å². The van der Waals surface area contributed by atoms with Crippen LogP contribution in [0.3, 0.4) is 0 Å². The van der Waals surface area contributed by atoms with Crippen molar-refractivity contribution in [1.29, 1.82) is 0 Å². The lowest BCUT2D eigenvalue weighted by molar-refractivity contribution is -0.140. The maximum Gasteiger partial charge on any atom is 0.305 e. The maximum atomic E-state index is 11.5. The molecule has 5 nitrogen and oxygen atoms in total. The molecular formula is C18H18N2O3. The molecule has 0 saturated carbocycles. The third-order valence-corrected chi connectivity index (χ3v) is 3.77. The van der Waals surface area contributed by atoms with Gasteiger partial charge in [0.05, 0.1) is 38.2 Å². The van der Waals surface area contributed by atoms with Gasteiger partial charge in [-0.1, -0.05) is 30.3 Å². The van der Waals surface area contributed by atoms with E-state index in [4.69, 9.17) is 14.5 Å². The Hall–Kier alpha value is -2.82. The van der Waals surface area contributed by atoms with Crippen LogP contribution in [0.15, 0.2) is 48.7 Å². The standard InChI is InChI=1S/C18H18N2O3/c1-22-14-8-10-16-19-18(13-6-4-3-5-7-13)15(20(16)12-14)9-11-17(21)23-2/h3-8,10,12H,9,11H2,1-2H3. The second kappa shape index (κ2) is 6.52. The van der Waals surface area contributed by atoms with Crippen molar-refractivity contribution < 1.29 is 14.3 Å². The summed E-state index contributed by atoms with van der Waals surface area (Å²) in [6, 6.07) is 13.7. The number of aryl methyl sites for hydroxylation is 1. The Kier molecular flexibility index (Phi) is 4.28. The van der Waals surface area contributed by atoms with E-state index in [-0.39, 0.29) is 5.97 Å². The first kappa shape index (κ1) is 15.1. The normalized spacial score (nSPS) is 10.7. The van der Waals surface area contributed by atoms with Gasteiger partial charge in [0.15, 0.2) is 0 Å². The van der Waals surface area contributed by atoms with Gasteiger partial charge in [-0.05, 0) is 12.1 Å². The van der Waals surface area contributed by atoms with Crippen molar-refractivity contribution in [2.75, 3.05) is 14.2 Å². The summed E-state index contributed by atoms with van der Waals surface area (Å²) in [6.07, 6.45) is 2.74. The SMILES string of the molecule is COC(=O)CCc1c(-c2ccccc2)nc2ccc(OC)cn12. The number of carbonyl (C=O) groups is 1. The predicted molar refractivity (Wildman–Crippen MR) is 87.5 cm³/mol. The average Bonchev–Trinajstić information content (AvgIpc) is 2.98. The van der Waals surface area contributed by atoms with E-state index in [9.17, 15) is 4.79 Å². The van der Waals surface area contributed by atoms with E-state index >= 15 is 0 Å². The van der Waals surface area contributed by atoms with Crippen molar-refractivity contribution in [1.82, 2.24) is 9.38 Å². The number of nitrogens with zero attached hydrogens (tertiary/aromatic N) is 2. The van der Waals surface area contributed by atoms with Crippen LogP contribution in [0.25, 0.3) is 16.9 Å². The molecule has 118 valence electrons. The molecule has 2 aromatic heterocycles. The highest BCUT2D eigenvalue weighted by atomic mass is 16.5. The van der Waals surface area contributed by atoms with Gasteiger partial charge in [-0.2, -0.15) is 0 Å². The Balaban J connectivity index is 2.12. The number of fused-ring (bicyclic) bond motifs is 1. The Morgan fingerprint density at radius 1 is 1.13 bits per heavy atom. The highest BCUT2D eigenvalue weighted by Crippen LogP contribution is 2.27. The van der Waals surface area contributed by atoms with Gasteiger partial charge >= 0.3 is 5.97 Å². The lowest BCUT2D eigenvalue weighted by Gasteiger charge is -2.06. The molecule has 3 rings (SSSR count). The lowest BCUT2D eigenvalue weighted by atomic mass is 10.1. The molecule has 23 heavy (non-hydrogen) atoms. The van der Waals surface area contributed by atoms with E-state index in [2.05, 4.69) is 0 Å². The molecule has 0 radical (unpaired) electrons. The fourth-order valence-electron chi connectivity index (χ4n) is 2.58. The number of benzene rings is 1. The summed E-state index contributed by atoms with van der Waals surface area (Å²) in [5.41, 5.74) is 3.69. The van der Waals surface area contributed by atoms with Crippen LogP contribution in [-0.2, 0) is 16.0 Å². The lowest BCUT2D eigenvalue weighted by Crippen LogP contribution is -2.04. The quantitative estimate of drug-likeness (QED) is 0.679. The Morgan fingerprint density at radius 2 is 1.91 bits per heavy atom. The summed E-state index contributed by atoms with van der Waals surface area (Å²) in [4.78, 5) is 16.3. The van der Waals surface area contributed by atoms with Gasteiger partial charge in [0, 0.05) is 12.0 Å². The van der Waals surface area contributed by atoms with E-state index in [1.165, 1.54) is 7.11 Å². The third-order valence-electron chi connectivity index (χ3n) is 3.77. The minimum Gasteiger partial charge on any atom is -0.495 e. The van der Waals surface area contributed by atoms with E-state index < -0.39 is 0 Å². The Labute approximate surface area is 134 Å². The molecule has 0 fully saturated rings. The van der Waals surface area contributed by atoms with Gasteiger partial charge in [-0.15, -0.1) is 0 Å². The molecule has 0 aliphatic carbocycles. The molecule has 0 aliphatic rings. The number of pyridine rings is 1. The van der Waals surface area contributed by atoms with Crippen LogP contribution in [-0.4, -0.2) is 29.6 Å². The number of methoxy groups -OCH3 is 2. The first-order valence-corrected chi connectivity index (χ1v) is 7.40. The highest BCUT2D eigenvalue weighted by molar-refractivity contribution is 5.71. The minimum atomic E-state index is -0.234. The summed E-state index contributed by atoms with van der Waals surface area (Å²) in [5.74, 6) is 0.510. The zero-order chi connectivity index (χ0) is 16.2. The number of hydrogen-bond acceptors (Lipinski definition) is 4. The summed E-state index contributed by atoms with van der Waals surface area (Å²) < 4.78 is 12.0. The van der Waals surface area contributed by atoms with Crippen molar-refractivity contribution in [2.45, 2.75) is 12.8 Å². The Morgan fingerprint density at radius 3 is 2.61 bits per heavy atom. The minimum absolute atomic E-state index is 0.234. The van der Waals surface area contributed by atoms with Crippen LogP contribution in [0.1, 0.15) is 12.1 Å². The van der Waals surface area contributed by atoms with E-state index in [1.807, 2.05) is 53.1 Å². The van der Waals surface area contributed by atoms with Gasteiger partial charge in [0.1, 0.15) is 11.4 Å². The second-order valence-corrected chi connectivity index (χ2v) is 5.15. The van der Waals surface area contributed by atoms with Crippen LogP contribution < -0.4 is 4.74 Å². The fraction of sp³-hybridized carbons (Fsp3) is 0.222. The highest BCUT2D eigenvalue weighted by Gasteiger charge is 2.15. The molecule has 2 heterocycles. The smallest absolute Gasteiger partial charge is 0.305 e. The Bertz CT molecular complexity index is 825. The van der Waals surface area contributed by atoms with Crippen LogP contribution >= 0.6 is 0 Å². The molecule has 0 bridgehead atoms. The summed E-state index contributed by atoms with van der Waals surface area (Å²) in [7, 11) is 3.03. The molecule has 0 unspecified atom stereocenters. The summed E-state index contributed by atoms with van der Waals surface area (Å²) in [6.45, 7) is 0. The number of imidazole rings is 1. The van der Waals surface area contributed by atoms with Crippen molar-refractivity contribution in [3.63, 3.8) is 0 Å². The molecule has 0 spiro atoms. The molecule has 0 aliphatic heterocycles. The van der Waals surface area contributed by atoms with Crippen LogP contribution in [0.4, 0.5) is 0 Å². The van der Waals surface area contributed by atoms with Crippen LogP contribution in [0.2, 0.25) is 0 Å². The van der Waals surface area contributed by atoms with Gasteiger partial charge in [-0.3, -0.25) is 9.20 Å². The third kappa shape index (κ3) is 3.04. The fourth-order valence-corrected chi connectivity index (χ4v) is 2.58. The number of aromatic nitrogens is 2. The van der Waals surface area contributed by atoms with Gasteiger partial charge < -0.3 is 9.47 Å². The van der Waals surface area contributed by atoms with Crippen molar-refractivity contribution >= 4 is 11.6 Å². The predicted octanol–water partition coefficient (Wildman–Crippen LogP) is 3.12. The van der Waals surface area contributed by atoms with Crippen molar-refractivity contribution in [3.8, 4) is 17.0 Å². The van der Waals surface area contributed by atoms with Gasteiger partial charge in [0.2, 0.25) is 0 Å².